The van der Waals surface area contributed by atoms with Gasteiger partial charge in [0.2, 0.25) is 0 Å². The van der Waals surface area contributed by atoms with Crippen LogP contribution in [0.25, 0.3) is 0 Å². The van der Waals surface area contributed by atoms with Gasteiger partial charge in [0.25, 0.3) is 0 Å². The van der Waals surface area contributed by atoms with E-state index >= 15 is 0 Å². The van der Waals surface area contributed by atoms with Crippen LogP contribution in [-0.2, 0) is 65.4 Å². The molecule has 0 spiro atoms. The van der Waals surface area contributed by atoms with Crippen LogP contribution in [0.2, 0.25) is 0 Å². The van der Waals surface area contributed by atoms with Gasteiger partial charge in [0, 0.05) is 65.4 Å². The van der Waals surface area contributed by atoms with Crippen molar-refractivity contribution >= 4 is 0 Å². The molecule has 0 aliphatic heterocycles. The summed E-state index contributed by atoms with van der Waals surface area (Å²) in [7, 11) is 0. The molecule has 3 heteroatoms. The summed E-state index contributed by atoms with van der Waals surface area (Å²) >= 11 is 0. The van der Waals surface area contributed by atoms with Gasteiger partial charge < -0.3 is 18.7 Å². The Morgan fingerprint density at radius 3 is 2.36 bits per heavy atom. The van der Waals surface area contributed by atoms with Gasteiger partial charge in [-0.1, -0.05) is 6.92 Å². The first-order chi connectivity index (χ1) is 4.27. The molecule has 1 N–H and O–H groups in total. The Labute approximate surface area is 122 Å². The third-order valence-electron chi connectivity index (χ3n) is 1.10. The van der Waals surface area contributed by atoms with Crippen molar-refractivity contribution in [2.45, 2.75) is 20.3 Å². The molecule has 0 heterocycles. The average molecular weight is 305 g/mol. The molecule has 62 valence electrons. The van der Waals surface area contributed by atoms with Crippen molar-refractivity contribution in [1.82, 2.24) is 5.32 Å². The second-order valence-corrected chi connectivity index (χ2v) is 2.51. The summed E-state index contributed by atoms with van der Waals surface area (Å²) in [6.45, 7) is 10.2. The monoisotopic (exact) mass is 305 g/mol. The summed E-state index contributed by atoms with van der Waals surface area (Å²) in [6.07, 6.45) is 3.33. The topological polar surface area (TPSA) is 12.0 Å². The van der Waals surface area contributed by atoms with Gasteiger partial charge in [0.05, 0.1) is 0 Å². The van der Waals surface area contributed by atoms with E-state index in [4.69, 9.17) is 0 Å². The molecule has 0 amide bonds. The molecule has 0 aromatic rings. The third kappa shape index (κ3) is 18.9. The fourth-order valence-electron chi connectivity index (χ4n) is 0.595. The number of rotatable bonds is 5. The summed E-state index contributed by atoms with van der Waals surface area (Å²) in [5, 5.41) is 3.29. The van der Waals surface area contributed by atoms with E-state index in [1.807, 2.05) is 0 Å². The van der Waals surface area contributed by atoms with Gasteiger partial charge >= 0.3 is 0 Å². The van der Waals surface area contributed by atoms with E-state index in [-0.39, 0.29) is 65.4 Å². The molecule has 1 nitrogen and oxygen atoms in total. The minimum Gasteiger partial charge on any atom is -0.339 e. The van der Waals surface area contributed by atoms with Crippen molar-refractivity contribution < 1.29 is 65.4 Å². The van der Waals surface area contributed by atoms with Crippen LogP contribution in [-0.4, -0.2) is 13.1 Å². The summed E-state index contributed by atoms with van der Waals surface area (Å²) in [5.41, 5.74) is 0. The predicted molar refractivity (Wildman–Crippen MR) is 42.0 cm³/mol. The number of unbranched alkanes of at least 4 members (excludes halogenated alkanes) is 1. The van der Waals surface area contributed by atoms with E-state index in [0.717, 1.165) is 19.5 Å². The number of nitrogens with one attached hydrogen (secondary N) is 1. The maximum Gasteiger partial charge on any atom is 0 e. The summed E-state index contributed by atoms with van der Waals surface area (Å²) in [4.78, 5) is 0. The summed E-state index contributed by atoms with van der Waals surface area (Å²) in [6, 6.07) is 0. The van der Waals surface area contributed by atoms with E-state index in [9.17, 15) is 0 Å². The quantitative estimate of drug-likeness (QED) is 0.602. The molecule has 0 aromatic carbocycles. The molecule has 0 rings (SSSR count). The molecule has 0 saturated carbocycles. The zero-order valence-corrected chi connectivity index (χ0v) is 13.3. The molecule has 0 unspecified atom stereocenters. The standard InChI is InChI=1S/C8H17N.2Y/c1-4-5-6-9-7-8(2)3;;/h4,8-9H,2,5-7H2,1,3H3;;/q-2;;/t8-;;/m1../s1. The maximum atomic E-state index is 3.86. The van der Waals surface area contributed by atoms with Crippen molar-refractivity contribution in [3.8, 4) is 0 Å². The Hall–Kier alpha value is 2.17. The first-order valence-corrected chi connectivity index (χ1v) is 3.59. The minimum absolute atomic E-state index is 0. The summed E-state index contributed by atoms with van der Waals surface area (Å²) in [5.74, 6) is 0.529. The molecule has 0 aliphatic rings. The van der Waals surface area contributed by atoms with Crippen LogP contribution in [0.4, 0.5) is 0 Å². The minimum atomic E-state index is 0. The molecule has 0 saturated heterocycles. The second kappa shape index (κ2) is 14.7. The van der Waals surface area contributed by atoms with E-state index < -0.39 is 0 Å². The van der Waals surface area contributed by atoms with E-state index in [1.165, 1.54) is 0 Å². The van der Waals surface area contributed by atoms with Gasteiger partial charge in [0.1, 0.15) is 0 Å². The second-order valence-electron chi connectivity index (χ2n) is 2.51. The van der Waals surface area contributed by atoms with Crippen molar-refractivity contribution in [3.63, 3.8) is 0 Å². The fourth-order valence-corrected chi connectivity index (χ4v) is 0.595. The van der Waals surface area contributed by atoms with Crippen LogP contribution in [0.3, 0.4) is 0 Å². The van der Waals surface area contributed by atoms with Gasteiger partial charge in [-0.15, -0.1) is 0 Å². The van der Waals surface area contributed by atoms with Crippen molar-refractivity contribution in [2.75, 3.05) is 13.1 Å². The van der Waals surface area contributed by atoms with Crippen LogP contribution < -0.4 is 5.32 Å². The van der Waals surface area contributed by atoms with Gasteiger partial charge in [-0.05, 0) is 13.1 Å². The van der Waals surface area contributed by atoms with Gasteiger partial charge in [-0.25, -0.2) is 0 Å². The van der Waals surface area contributed by atoms with Crippen molar-refractivity contribution in [2.24, 2.45) is 5.92 Å². The molecule has 0 aliphatic carbocycles. The normalized spacial score (nSPS) is 11.2. The molecule has 0 aromatic heterocycles. The zero-order valence-electron chi connectivity index (χ0n) is 7.64. The Balaban J connectivity index is -0.000000320. The molecular formula is C8H17NY2-2. The van der Waals surface area contributed by atoms with Gasteiger partial charge in [-0.3, -0.25) is 0 Å². The van der Waals surface area contributed by atoms with Gasteiger partial charge in [-0.2, -0.15) is 19.3 Å². The Morgan fingerprint density at radius 1 is 1.45 bits per heavy atom. The molecule has 0 bridgehead atoms. The fraction of sp³-hybridized carbons (Fsp3) is 0.750. The van der Waals surface area contributed by atoms with Gasteiger partial charge in [0.15, 0.2) is 0 Å². The smallest absolute Gasteiger partial charge is 0 e. The van der Waals surface area contributed by atoms with Crippen molar-refractivity contribution in [3.05, 3.63) is 13.3 Å². The molecular weight excluding hydrogens is 288 g/mol. The van der Waals surface area contributed by atoms with E-state index in [0.29, 0.717) is 5.92 Å². The first kappa shape index (κ1) is 18.9. The maximum absolute atomic E-state index is 3.86. The van der Waals surface area contributed by atoms with Crippen LogP contribution in [0.15, 0.2) is 0 Å². The predicted octanol–water partition coefficient (Wildman–Crippen LogP) is 1.66. The average Bonchev–Trinajstić information content (AvgIpc) is 1.80. The molecule has 2 radical (unpaired) electrons. The van der Waals surface area contributed by atoms with Crippen LogP contribution >= 0.6 is 0 Å². The SMILES string of the molecule is [CH2-][C@H](C)CNCC[CH-]C.[Y].[Y]. The Kier molecular flexibility index (Phi) is 25.2. The van der Waals surface area contributed by atoms with Crippen LogP contribution in [0.1, 0.15) is 20.3 Å². The van der Waals surface area contributed by atoms with Crippen LogP contribution in [0, 0.1) is 19.3 Å². The van der Waals surface area contributed by atoms with E-state index in [1.54, 1.807) is 0 Å². The van der Waals surface area contributed by atoms with Crippen molar-refractivity contribution in [1.29, 1.82) is 0 Å². The number of hydrogen-bond acceptors (Lipinski definition) is 1. The zero-order chi connectivity index (χ0) is 7.11. The van der Waals surface area contributed by atoms with Crippen LogP contribution in [0.5, 0.6) is 0 Å². The molecule has 0 fully saturated rings. The number of hydrogen-bond donors (Lipinski definition) is 1. The van der Waals surface area contributed by atoms with E-state index in [2.05, 4.69) is 32.5 Å². The molecule has 1 atom stereocenters. The first-order valence-electron chi connectivity index (χ1n) is 3.59. The Morgan fingerprint density at radius 2 is 2.00 bits per heavy atom. The molecule has 11 heavy (non-hydrogen) atoms. The largest absolute Gasteiger partial charge is 0.339 e. The summed E-state index contributed by atoms with van der Waals surface area (Å²) < 4.78 is 0. The Bertz CT molecular complexity index is 58.1. The third-order valence-corrected chi connectivity index (χ3v) is 1.10.